The number of nitrogens with zero attached hydrogens (tertiary/aromatic N) is 5. The van der Waals surface area contributed by atoms with E-state index in [4.69, 9.17) is 14.7 Å². The van der Waals surface area contributed by atoms with Crippen LogP contribution in [-0.2, 0) is 11.2 Å². The number of amides is 1. The maximum absolute atomic E-state index is 14.5. The molecule has 0 radical (unpaired) electrons. The summed E-state index contributed by atoms with van der Waals surface area (Å²) in [6.45, 7) is 1.60. The fourth-order valence-corrected chi connectivity index (χ4v) is 5.02. The van der Waals surface area contributed by atoms with E-state index >= 15 is 0 Å². The molecule has 9 heteroatoms. The predicted octanol–water partition coefficient (Wildman–Crippen LogP) is 5.27. The van der Waals surface area contributed by atoms with Crippen molar-refractivity contribution >= 4 is 28.7 Å². The van der Waals surface area contributed by atoms with Crippen LogP contribution in [0.15, 0.2) is 54.7 Å². The number of halogens is 1. The number of imidazole rings is 1. The zero-order valence-corrected chi connectivity index (χ0v) is 21.3. The molecule has 1 amide bonds. The Hall–Kier alpha value is -4.01. The average molecular weight is 503 g/mol. The molecule has 5 rings (SSSR count). The smallest absolute Gasteiger partial charge is 0.219 e. The Balaban J connectivity index is 1.49. The number of benzene rings is 2. The van der Waals surface area contributed by atoms with Gasteiger partial charge in [0.1, 0.15) is 22.9 Å². The van der Waals surface area contributed by atoms with Gasteiger partial charge in [-0.05, 0) is 55.5 Å². The maximum Gasteiger partial charge on any atom is 0.219 e. The highest BCUT2D eigenvalue weighted by molar-refractivity contribution is 5.76. The van der Waals surface area contributed by atoms with Gasteiger partial charge >= 0.3 is 0 Å². The first-order valence-corrected chi connectivity index (χ1v) is 12.5. The van der Waals surface area contributed by atoms with Crippen molar-refractivity contribution in [2.45, 2.75) is 51.1 Å². The highest BCUT2D eigenvalue weighted by atomic mass is 19.1. The topological polar surface area (TPSA) is 85.2 Å². The molecule has 0 unspecified atom stereocenters. The molecule has 0 bridgehead atoms. The molecular formula is C28H31FN6O2. The number of carbonyl (C=O) groups is 1. The summed E-state index contributed by atoms with van der Waals surface area (Å²) in [4.78, 5) is 27.9. The first-order valence-electron chi connectivity index (χ1n) is 12.5. The molecule has 4 aromatic rings. The fraction of sp³-hybridized carbons (Fsp3) is 0.357. The van der Waals surface area contributed by atoms with E-state index in [1.807, 2.05) is 36.2 Å². The molecule has 8 nitrogen and oxygen atoms in total. The molecule has 1 fully saturated rings. The first kappa shape index (κ1) is 24.7. The molecule has 2 aromatic carbocycles. The molecule has 0 saturated heterocycles. The van der Waals surface area contributed by atoms with Gasteiger partial charge in [0, 0.05) is 32.5 Å². The number of rotatable bonds is 7. The van der Waals surface area contributed by atoms with Gasteiger partial charge < -0.3 is 15.0 Å². The number of aromatic nitrogens is 4. The van der Waals surface area contributed by atoms with Crippen molar-refractivity contribution in [3.8, 4) is 5.75 Å². The van der Waals surface area contributed by atoms with Crippen LogP contribution in [0.3, 0.4) is 0 Å². The summed E-state index contributed by atoms with van der Waals surface area (Å²) in [5.74, 6) is 1.75. The molecule has 1 N–H and O–H groups in total. The number of hydrogen-bond acceptors (Lipinski definition) is 6. The molecule has 0 atom stereocenters. The number of nitrogens with one attached hydrogen (secondary N) is 1. The van der Waals surface area contributed by atoms with E-state index < -0.39 is 0 Å². The van der Waals surface area contributed by atoms with Crippen LogP contribution in [0.5, 0.6) is 5.75 Å². The summed E-state index contributed by atoms with van der Waals surface area (Å²) < 4.78 is 21.9. The largest absolute Gasteiger partial charge is 0.497 e. The van der Waals surface area contributed by atoms with Gasteiger partial charge in [0.25, 0.3) is 0 Å². The van der Waals surface area contributed by atoms with Crippen LogP contribution in [0.4, 0.5) is 16.0 Å². The zero-order chi connectivity index (χ0) is 25.9. The van der Waals surface area contributed by atoms with Crippen LogP contribution in [-0.4, -0.2) is 50.5 Å². The second-order valence-electron chi connectivity index (χ2n) is 9.52. The van der Waals surface area contributed by atoms with Gasteiger partial charge in [0.2, 0.25) is 11.9 Å². The quantitative estimate of drug-likeness (QED) is 0.371. The number of hydrogen-bond donors (Lipinski definition) is 1. The lowest BCUT2D eigenvalue weighted by atomic mass is 9.90. The van der Waals surface area contributed by atoms with Gasteiger partial charge in [-0.2, -0.15) is 0 Å². The van der Waals surface area contributed by atoms with Crippen LogP contribution in [0.2, 0.25) is 0 Å². The summed E-state index contributed by atoms with van der Waals surface area (Å²) in [7, 11) is 3.51. The van der Waals surface area contributed by atoms with Crippen LogP contribution in [0.1, 0.15) is 50.0 Å². The number of anilines is 2. The summed E-state index contributed by atoms with van der Waals surface area (Å²) in [6, 6.07) is 14.7. The Morgan fingerprint density at radius 3 is 2.51 bits per heavy atom. The summed E-state index contributed by atoms with van der Waals surface area (Å²) in [6.07, 6.45) is 5.78. The highest BCUT2D eigenvalue weighted by Gasteiger charge is 2.29. The monoisotopic (exact) mass is 502 g/mol. The molecular weight excluding hydrogens is 471 g/mol. The Kier molecular flexibility index (Phi) is 7.03. The molecule has 192 valence electrons. The van der Waals surface area contributed by atoms with Gasteiger partial charge in [0.15, 0.2) is 5.65 Å². The van der Waals surface area contributed by atoms with E-state index in [1.54, 1.807) is 38.4 Å². The third-order valence-electron chi connectivity index (χ3n) is 7.20. The van der Waals surface area contributed by atoms with Crippen LogP contribution in [0.25, 0.3) is 11.2 Å². The molecule has 1 aliphatic carbocycles. The third kappa shape index (κ3) is 5.26. The second-order valence-corrected chi connectivity index (χ2v) is 9.52. The highest BCUT2D eigenvalue weighted by Crippen LogP contribution is 2.36. The van der Waals surface area contributed by atoms with Crippen molar-refractivity contribution in [3.63, 3.8) is 0 Å². The number of para-hydroxylation sites is 1. The third-order valence-corrected chi connectivity index (χ3v) is 7.20. The Labute approximate surface area is 215 Å². The van der Waals surface area contributed by atoms with Crippen molar-refractivity contribution in [2.24, 2.45) is 0 Å². The van der Waals surface area contributed by atoms with E-state index in [2.05, 4.69) is 14.9 Å². The number of ether oxygens (including phenoxy) is 1. The Bertz CT molecular complexity index is 1400. The van der Waals surface area contributed by atoms with Gasteiger partial charge in [-0.1, -0.05) is 24.3 Å². The fourth-order valence-electron chi connectivity index (χ4n) is 5.02. The maximum atomic E-state index is 14.5. The van der Waals surface area contributed by atoms with Crippen LogP contribution in [0, 0.1) is 5.82 Å². The summed E-state index contributed by atoms with van der Waals surface area (Å²) in [5, 5.41) is 3.19. The van der Waals surface area contributed by atoms with Crippen molar-refractivity contribution < 1.29 is 13.9 Å². The molecule has 1 aliphatic rings. The minimum absolute atomic E-state index is 0.0781. The SMILES string of the molecule is COc1ccc(Cc2ncc3nc(Nc4ccccc4F)n(C4CCC(N(C)C(C)=O)CC4)c3n2)cc1. The van der Waals surface area contributed by atoms with Crippen molar-refractivity contribution in [1.29, 1.82) is 0 Å². The predicted molar refractivity (Wildman–Crippen MR) is 141 cm³/mol. The van der Waals surface area contributed by atoms with Gasteiger partial charge in [-0.3, -0.25) is 9.36 Å². The number of methoxy groups -OCH3 is 1. The van der Waals surface area contributed by atoms with E-state index in [0.29, 0.717) is 29.4 Å². The molecule has 2 heterocycles. The summed E-state index contributed by atoms with van der Waals surface area (Å²) in [5.41, 5.74) is 2.81. The molecule has 0 spiro atoms. The van der Waals surface area contributed by atoms with Crippen LogP contribution < -0.4 is 10.1 Å². The van der Waals surface area contributed by atoms with Crippen molar-refractivity contribution in [2.75, 3.05) is 19.5 Å². The van der Waals surface area contributed by atoms with Gasteiger partial charge in [-0.25, -0.2) is 19.3 Å². The van der Waals surface area contributed by atoms with E-state index in [0.717, 1.165) is 42.6 Å². The van der Waals surface area contributed by atoms with Crippen molar-refractivity contribution in [3.05, 3.63) is 71.9 Å². The normalized spacial score (nSPS) is 17.5. The lowest BCUT2D eigenvalue weighted by Crippen LogP contribution is -2.38. The minimum Gasteiger partial charge on any atom is -0.497 e. The average Bonchev–Trinajstić information content (AvgIpc) is 3.27. The lowest BCUT2D eigenvalue weighted by Gasteiger charge is -2.35. The first-order chi connectivity index (χ1) is 17.9. The zero-order valence-electron chi connectivity index (χ0n) is 21.3. The molecule has 2 aromatic heterocycles. The van der Waals surface area contributed by atoms with E-state index in [-0.39, 0.29) is 23.8 Å². The van der Waals surface area contributed by atoms with Gasteiger partial charge in [0.05, 0.1) is 19.0 Å². The standard InChI is InChI=1S/C28H31FN6O2/c1-18(36)34(2)20-10-12-21(13-11-20)35-27-25(32-28(35)31-24-7-5-4-6-23(24)29)17-30-26(33-27)16-19-8-14-22(37-3)15-9-19/h4-9,14-15,17,20-21H,10-13,16H2,1-3H3,(H,31,32). The summed E-state index contributed by atoms with van der Waals surface area (Å²) >= 11 is 0. The second kappa shape index (κ2) is 10.5. The van der Waals surface area contributed by atoms with Gasteiger partial charge in [-0.15, -0.1) is 0 Å². The minimum atomic E-state index is -0.348. The molecule has 1 saturated carbocycles. The van der Waals surface area contributed by atoms with Crippen LogP contribution >= 0.6 is 0 Å². The molecule has 37 heavy (non-hydrogen) atoms. The number of fused-ring (bicyclic) bond motifs is 1. The van der Waals surface area contributed by atoms with E-state index in [9.17, 15) is 9.18 Å². The van der Waals surface area contributed by atoms with E-state index in [1.165, 1.54) is 6.07 Å². The molecule has 0 aliphatic heterocycles. The Morgan fingerprint density at radius 2 is 1.84 bits per heavy atom. The Morgan fingerprint density at radius 1 is 1.11 bits per heavy atom. The number of carbonyl (C=O) groups excluding carboxylic acids is 1. The van der Waals surface area contributed by atoms with Crippen molar-refractivity contribution in [1.82, 2.24) is 24.4 Å². The lowest BCUT2D eigenvalue weighted by molar-refractivity contribution is -0.130.